The van der Waals surface area contributed by atoms with Gasteiger partial charge in [-0.3, -0.25) is 0 Å². The molecule has 3 heterocycles. The van der Waals surface area contributed by atoms with Crippen molar-refractivity contribution in [2.45, 2.75) is 32.7 Å². The van der Waals surface area contributed by atoms with E-state index in [0.29, 0.717) is 12.6 Å². The third kappa shape index (κ3) is 2.08. The Bertz CT molecular complexity index is 561. The van der Waals surface area contributed by atoms with E-state index in [1.54, 1.807) is 17.7 Å². The fraction of sp³-hybridized carbons (Fsp3) is 0.538. The summed E-state index contributed by atoms with van der Waals surface area (Å²) in [6, 6.07) is 0.468. The Hall–Kier alpha value is -1.20. The molecule has 0 saturated carbocycles. The fourth-order valence-electron chi connectivity index (χ4n) is 2.34. The van der Waals surface area contributed by atoms with Crippen molar-refractivity contribution in [1.82, 2.24) is 15.3 Å². The predicted octanol–water partition coefficient (Wildman–Crippen LogP) is 2.44. The highest BCUT2D eigenvalue weighted by molar-refractivity contribution is 7.18. The zero-order chi connectivity index (χ0) is 12.5. The van der Waals surface area contributed by atoms with E-state index >= 15 is 0 Å². The summed E-state index contributed by atoms with van der Waals surface area (Å²) in [6.07, 6.45) is 4.02. The lowest BCUT2D eigenvalue weighted by Gasteiger charge is -2.12. The van der Waals surface area contributed by atoms with Crippen LogP contribution in [-0.4, -0.2) is 29.2 Å². The molecule has 18 heavy (non-hydrogen) atoms. The number of thiophene rings is 1. The van der Waals surface area contributed by atoms with Crippen LogP contribution in [0.15, 0.2) is 6.33 Å². The van der Waals surface area contributed by atoms with Crippen LogP contribution in [0.1, 0.15) is 23.3 Å². The van der Waals surface area contributed by atoms with Crippen LogP contribution in [-0.2, 0) is 0 Å². The number of aryl methyl sites for hydroxylation is 2. The Labute approximate surface area is 110 Å². The molecule has 0 aliphatic carbocycles. The van der Waals surface area contributed by atoms with Gasteiger partial charge in [-0.15, -0.1) is 11.3 Å². The SMILES string of the molecule is Cc1sc2ncnc(OCC3CCCN3)c2c1C. The summed E-state index contributed by atoms with van der Waals surface area (Å²) < 4.78 is 5.89. The van der Waals surface area contributed by atoms with Crippen molar-refractivity contribution in [1.29, 1.82) is 0 Å². The quantitative estimate of drug-likeness (QED) is 0.924. The van der Waals surface area contributed by atoms with Crippen molar-refractivity contribution in [2.75, 3.05) is 13.2 Å². The molecule has 0 aromatic carbocycles. The van der Waals surface area contributed by atoms with Gasteiger partial charge in [0.25, 0.3) is 0 Å². The number of ether oxygens (including phenoxy) is 1. The van der Waals surface area contributed by atoms with Gasteiger partial charge in [0.1, 0.15) is 17.8 Å². The lowest BCUT2D eigenvalue weighted by Crippen LogP contribution is -2.28. The molecule has 0 bridgehead atoms. The summed E-state index contributed by atoms with van der Waals surface area (Å²) in [5.74, 6) is 0.732. The monoisotopic (exact) mass is 263 g/mol. The first kappa shape index (κ1) is 11.9. The average molecular weight is 263 g/mol. The average Bonchev–Trinajstić information content (AvgIpc) is 2.97. The first-order chi connectivity index (χ1) is 8.75. The number of aromatic nitrogens is 2. The minimum absolute atomic E-state index is 0.468. The molecule has 4 nitrogen and oxygen atoms in total. The third-order valence-corrected chi connectivity index (χ3v) is 4.63. The topological polar surface area (TPSA) is 47.0 Å². The summed E-state index contributed by atoms with van der Waals surface area (Å²) in [7, 11) is 0. The molecule has 1 aliphatic rings. The summed E-state index contributed by atoms with van der Waals surface area (Å²) in [6.45, 7) is 6.02. The van der Waals surface area contributed by atoms with Crippen molar-refractivity contribution in [2.24, 2.45) is 0 Å². The van der Waals surface area contributed by atoms with E-state index in [0.717, 1.165) is 22.6 Å². The van der Waals surface area contributed by atoms with E-state index in [4.69, 9.17) is 4.74 Å². The smallest absolute Gasteiger partial charge is 0.225 e. The minimum atomic E-state index is 0.468. The molecule has 1 atom stereocenters. The second kappa shape index (κ2) is 4.82. The van der Waals surface area contributed by atoms with Gasteiger partial charge in [-0.25, -0.2) is 9.97 Å². The molecule has 5 heteroatoms. The van der Waals surface area contributed by atoms with Crippen LogP contribution in [0.25, 0.3) is 10.2 Å². The number of hydrogen-bond donors (Lipinski definition) is 1. The predicted molar refractivity (Wildman–Crippen MR) is 73.4 cm³/mol. The van der Waals surface area contributed by atoms with Crippen LogP contribution in [0.4, 0.5) is 0 Å². The zero-order valence-electron chi connectivity index (χ0n) is 10.7. The maximum absolute atomic E-state index is 5.89. The molecule has 2 aromatic heterocycles. The zero-order valence-corrected chi connectivity index (χ0v) is 11.5. The normalized spacial score (nSPS) is 19.6. The number of nitrogens with zero attached hydrogens (tertiary/aromatic N) is 2. The Kier molecular flexibility index (Phi) is 3.18. The largest absolute Gasteiger partial charge is 0.475 e. The van der Waals surface area contributed by atoms with Crippen LogP contribution in [0.2, 0.25) is 0 Å². The Morgan fingerprint density at radius 1 is 1.44 bits per heavy atom. The van der Waals surface area contributed by atoms with E-state index in [2.05, 4.69) is 29.1 Å². The highest BCUT2D eigenvalue weighted by atomic mass is 32.1. The molecule has 1 fully saturated rings. The summed E-state index contributed by atoms with van der Waals surface area (Å²) in [4.78, 5) is 10.9. The van der Waals surface area contributed by atoms with Gasteiger partial charge in [-0.05, 0) is 38.8 Å². The highest BCUT2D eigenvalue weighted by Gasteiger charge is 2.17. The summed E-state index contributed by atoms with van der Waals surface area (Å²) >= 11 is 1.70. The van der Waals surface area contributed by atoms with Crippen LogP contribution in [0.3, 0.4) is 0 Å². The number of hydrogen-bond acceptors (Lipinski definition) is 5. The Balaban J connectivity index is 1.86. The first-order valence-corrected chi connectivity index (χ1v) is 7.14. The highest BCUT2D eigenvalue weighted by Crippen LogP contribution is 2.33. The maximum Gasteiger partial charge on any atom is 0.225 e. The van der Waals surface area contributed by atoms with Crippen molar-refractivity contribution >= 4 is 21.6 Å². The van der Waals surface area contributed by atoms with E-state index in [1.807, 2.05) is 0 Å². The maximum atomic E-state index is 5.89. The van der Waals surface area contributed by atoms with Gasteiger partial charge < -0.3 is 10.1 Å². The molecule has 3 rings (SSSR count). The van der Waals surface area contributed by atoms with Crippen molar-refractivity contribution in [3.8, 4) is 5.88 Å². The van der Waals surface area contributed by atoms with Gasteiger partial charge in [0.15, 0.2) is 0 Å². The first-order valence-electron chi connectivity index (χ1n) is 6.32. The van der Waals surface area contributed by atoms with E-state index in [1.165, 1.54) is 23.3 Å². The molecule has 1 saturated heterocycles. The van der Waals surface area contributed by atoms with Crippen LogP contribution < -0.4 is 10.1 Å². The van der Waals surface area contributed by atoms with Crippen molar-refractivity contribution < 1.29 is 4.74 Å². The van der Waals surface area contributed by atoms with Crippen LogP contribution in [0, 0.1) is 13.8 Å². The van der Waals surface area contributed by atoms with Crippen LogP contribution in [0.5, 0.6) is 5.88 Å². The van der Waals surface area contributed by atoms with Crippen molar-refractivity contribution in [3.05, 3.63) is 16.8 Å². The fourth-order valence-corrected chi connectivity index (χ4v) is 3.33. The lowest BCUT2D eigenvalue weighted by atomic mass is 10.2. The number of fused-ring (bicyclic) bond motifs is 1. The van der Waals surface area contributed by atoms with Gasteiger partial charge in [0.05, 0.1) is 5.39 Å². The number of nitrogens with one attached hydrogen (secondary N) is 1. The molecule has 0 spiro atoms. The molecule has 0 radical (unpaired) electrons. The van der Waals surface area contributed by atoms with Gasteiger partial charge in [0.2, 0.25) is 5.88 Å². The van der Waals surface area contributed by atoms with E-state index in [-0.39, 0.29) is 0 Å². The van der Waals surface area contributed by atoms with Gasteiger partial charge >= 0.3 is 0 Å². The van der Waals surface area contributed by atoms with Crippen molar-refractivity contribution in [3.63, 3.8) is 0 Å². The summed E-state index contributed by atoms with van der Waals surface area (Å²) in [5.41, 5.74) is 1.24. The standard InChI is InChI=1S/C13H17N3OS/c1-8-9(2)18-13-11(8)12(15-7-16-13)17-6-10-4-3-5-14-10/h7,10,14H,3-6H2,1-2H3. The minimum Gasteiger partial charge on any atom is -0.475 e. The molecule has 0 amide bonds. The molecule has 96 valence electrons. The molecular weight excluding hydrogens is 246 g/mol. The van der Waals surface area contributed by atoms with Crippen LogP contribution >= 0.6 is 11.3 Å². The third-order valence-electron chi connectivity index (χ3n) is 3.51. The lowest BCUT2D eigenvalue weighted by molar-refractivity contribution is 0.270. The second-order valence-corrected chi connectivity index (χ2v) is 5.95. The molecular formula is C13H17N3OS. The Morgan fingerprint density at radius 2 is 2.33 bits per heavy atom. The molecule has 1 unspecified atom stereocenters. The van der Waals surface area contributed by atoms with Gasteiger partial charge in [0, 0.05) is 10.9 Å². The van der Waals surface area contributed by atoms with Gasteiger partial charge in [-0.1, -0.05) is 0 Å². The van der Waals surface area contributed by atoms with E-state index < -0.39 is 0 Å². The number of rotatable bonds is 3. The van der Waals surface area contributed by atoms with E-state index in [9.17, 15) is 0 Å². The Morgan fingerprint density at radius 3 is 3.11 bits per heavy atom. The molecule has 1 aliphatic heterocycles. The van der Waals surface area contributed by atoms with Gasteiger partial charge in [-0.2, -0.15) is 0 Å². The second-order valence-electron chi connectivity index (χ2n) is 4.75. The molecule has 1 N–H and O–H groups in total. The summed E-state index contributed by atoms with van der Waals surface area (Å²) in [5, 5.41) is 4.51. The molecule has 2 aromatic rings.